The minimum Gasteiger partial charge on any atom is -0.326 e. The molecule has 25 heavy (non-hydrogen) atoms. The summed E-state index contributed by atoms with van der Waals surface area (Å²) in [7, 11) is 0. The first-order chi connectivity index (χ1) is 12.1. The van der Waals surface area contributed by atoms with Crippen molar-refractivity contribution in [1.29, 1.82) is 0 Å². The number of hydrogen-bond acceptors (Lipinski definition) is 4. The normalized spacial score (nSPS) is 20.4. The van der Waals surface area contributed by atoms with Crippen molar-refractivity contribution in [2.45, 2.75) is 26.2 Å². The van der Waals surface area contributed by atoms with Gasteiger partial charge >= 0.3 is 0 Å². The molecule has 132 valence electrons. The average molecular weight is 341 g/mol. The average Bonchev–Trinajstić information content (AvgIpc) is 2.61. The second kappa shape index (κ2) is 7.61. The third-order valence-electron chi connectivity index (χ3n) is 5.08. The first kappa shape index (κ1) is 17.4. The van der Waals surface area contributed by atoms with Gasteiger partial charge < -0.3 is 10.6 Å². The predicted octanol–water partition coefficient (Wildman–Crippen LogP) is 3.71. The zero-order chi connectivity index (χ0) is 17.8. The van der Waals surface area contributed by atoms with Gasteiger partial charge in [-0.1, -0.05) is 31.5 Å². The van der Waals surface area contributed by atoms with Crippen LogP contribution in [0.25, 0.3) is 10.8 Å². The van der Waals surface area contributed by atoms with E-state index in [1.54, 1.807) is 24.3 Å². The summed E-state index contributed by atoms with van der Waals surface area (Å²) in [5, 5.41) is 18.8. The van der Waals surface area contributed by atoms with E-state index in [1.807, 2.05) is 6.07 Å². The number of hydrogen-bond donors (Lipinski definition) is 2. The number of non-ortho nitro benzene ring substituents is 1. The predicted molar refractivity (Wildman–Crippen MR) is 98.6 cm³/mol. The Labute approximate surface area is 146 Å². The highest BCUT2D eigenvalue weighted by atomic mass is 16.6. The van der Waals surface area contributed by atoms with Crippen molar-refractivity contribution in [3.63, 3.8) is 0 Å². The molecule has 1 fully saturated rings. The molecular weight excluding hydrogens is 318 g/mol. The van der Waals surface area contributed by atoms with Gasteiger partial charge in [-0.05, 0) is 48.9 Å². The van der Waals surface area contributed by atoms with Crippen LogP contribution >= 0.6 is 0 Å². The molecule has 1 saturated heterocycles. The van der Waals surface area contributed by atoms with Crippen molar-refractivity contribution < 1.29 is 9.72 Å². The number of nitrogens with one attached hydrogen (secondary N) is 2. The number of amides is 1. The van der Waals surface area contributed by atoms with Crippen molar-refractivity contribution in [1.82, 2.24) is 5.32 Å². The fraction of sp³-hybridized carbons (Fsp3) is 0.421. The van der Waals surface area contributed by atoms with Crippen LogP contribution in [0, 0.1) is 22.0 Å². The van der Waals surface area contributed by atoms with Crippen LogP contribution in [0.4, 0.5) is 11.4 Å². The largest absolute Gasteiger partial charge is 0.326 e. The molecule has 0 bridgehead atoms. The van der Waals surface area contributed by atoms with E-state index in [2.05, 4.69) is 17.6 Å². The van der Waals surface area contributed by atoms with Crippen LogP contribution in [0.3, 0.4) is 0 Å². The van der Waals surface area contributed by atoms with E-state index < -0.39 is 4.92 Å². The van der Waals surface area contributed by atoms with Crippen molar-refractivity contribution in [2.75, 3.05) is 18.4 Å². The van der Waals surface area contributed by atoms with Crippen molar-refractivity contribution >= 4 is 28.1 Å². The summed E-state index contributed by atoms with van der Waals surface area (Å²) < 4.78 is 0. The number of piperidine rings is 1. The molecule has 1 heterocycles. The molecule has 0 aromatic heterocycles. The van der Waals surface area contributed by atoms with Crippen LogP contribution in [-0.4, -0.2) is 23.9 Å². The quantitative estimate of drug-likeness (QED) is 0.641. The van der Waals surface area contributed by atoms with E-state index >= 15 is 0 Å². The lowest BCUT2D eigenvalue weighted by Gasteiger charge is -2.31. The zero-order valence-corrected chi connectivity index (χ0v) is 14.3. The Hall–Kier alpha value is -2.47. The Kier molecular flexibility index (Phi) is 5.28. The lowest BCUT2D eigenvalue weighted by atomic mass is 9.82. The van der Waals surface area contributed by atoms with E-state index in [4.69, 9.17) is 0 Å². The minimum absolute atomic E-state index is 0.0370. The summed E-state index contributed by atoms with van der Waals surface area (Å²) in [4.78, 5) is 23.2. The molecule has 6 nitrogen and oxygen atoms in total. The number of fused-ring (bicyclic) bond motifs is 1. The second-order valence-electron chi connectivity index (χ2n) is 6.64. The highest BCUT2D eigenvalue weighted by molar-refractivity contribution is 5.97. The molecule has 0 saturated carbocycles. The third-order valence-corrected chi connectivity index (χ3v) is 5.08. The van der Waals surface area contributed by atoms with E-state index in [1.165, 1.54) is 6.07 Å². The van der Waals surface area contributed by atoms with Crippen molar-refractivity contribution in [3.05, 3.63) is 46.5 Å². The number of carbonyl (C=O) groups is 1. The van der Waals surface area contributed by atoms with E-state index in [0.29, 0.717) is 29.3 Å². The number of nitro benzene ring substituents is 1. The van der Waals surface area contributed by atoms with Crippen LogP contribution in [0.2, 0.25) is 0 Å². The van der Waals surface area contributed by atoms with E-state index in [9.17, 15) is 14.9 Å². The van der Waals surface area contributed by atoms with Crippen molar-refractivity contribution in [2.24, 2.45) is 11.8 Å². The smallest absolute Gasteiger partial charge is 0.277 e. The summed E-state index contributed by atoms with van der Waals surface area (Å²) in [6.07, 6.45) is 2.67. The van der Waals surface area contributed by atoms with Crippen LogP contribution in [0.5, 0.6) is 0 Å². The molecule has 2 aromatic carbocycles. The van der Waals surface area contributed by atoms with Gasteiger partial charge in [-0.15, -0.1) is 0 Å². The summed E-state index contributed by atoms with van der Waals surface area (Å²) in [5.74, 6) is 0.878. The molecule has 1 amide bonds. The first-order valence-corrected chi connectivity index (χ1v) is 8.76. The summed E-state index contributed by atoms with van der Waals surface area (Å²) in [6.45, 7) is 4.06. The Balaban J connectivity index is 1.75. The fourth-order valence-corrected chi connectivity index (χ4v) is 3.70. The molecular formula is C19H23N3O3. The lowest BCUT2D eigenvalue weighted by molar-refractivity contribution is -0.383. The molecule has 2 aromatic rings. The SMILES string of the molecule is CCC1CCNCC1CC(=O)Nc1ccc2cccc([N+](=O)[O-])c2c1. The molecule has 0 radical (unpaired) electrons. The highest BCUT2D eigenvalue weighted by Crippen LogP contribution is 2.29. The maximum atomic E-state index is 12.4. The van der Waals surface area contributed by atoms with Gasteiger partial charge in [0.25, 0.3) is 5.69 Å². The minimum atomic E-state index is -0.395. The van der Waals surface area contributed by atoms with Gasteiger partial charge in [-0.2, -0.15) is 0 Å². The number of nitro groups is 1. The van der Waals surface area contributed by atoms with Gasteiger partial charge in [0.15, 0.2) is 0 Å². The molecule has 3 rings (SSSR count). The maximum absolute atomic E-state index is 12.4. The number of nitrogens with zero attached hydrogens (tertiary/aromatic N) is 1. The van der Waals surface area contributed by atoms with E-state index in [-0.39, 0.29) is 11.6 Å². The van der Waals surface area contributed by atoms with E-state index in [0.717, 1.165) is 31.3 Å². The first-order valence-electron chi connectivity index (χ1n) is 8.76. The molecule has 2 atom stereocenters. The maximum Gasteiger partial charge on any atom is 0.277 e. The monoisotopic (exact) mass is 341 g/mol. The molecule has 6 heteroatoms. The lowest BCUT2D eigenvalue weighted by Crippen LogP contribution is -2.38. The second-order valence-corrected chi connectivity index (χ2v) is 6.64. The molecule has 1 aliphatic rings. The third kappa shape index (κ3) is 3.96. The summed E-state index contributed by atoms with van der Waals surface area (Å²) >= 11 is 0. The Bertz CT molecular complexity index is 791. The Morgan fingerprint density at radius 1 is 1.32 bits per heavy atom. The topological polar surface area (TPSA) is 84.3 Å². The molecule has 0 aliphatic carbocycles. The molecule has 2 unspecified atom stereocenters. The zero-order valence-electron chi connectivity index (χ0n) is 14.3. The summed E-state index contributed by atoms with van der Waals surface area (Å²) in [6, 6.07) is 10.2. The van der Waals surface area contributed by atoms with Gasteiger partial charge in [0.1, 0.15) is 0 Å². The van der Waals surface area contributed by atoms with Crippen LogP contribution in [0.1, 0.15) is 26.2 Å². The molecule has 1 aliphatic heterocycles. The number of rotatable bonds is 5. The highest BCUT2D eigenvalue weighted by Gasteiger charge is 2.25. The Morgan fingerprint density at radius 3 is 2.92 bits per heavy atom. The van der Waals surface area contributed by atoms with Gasteiger partial charge in [0.05, 0.1) is 10.3 Å². The standard InChI is InChI=1S/C19H23N3O3/c1-2-13-8-9-20-12-15(13)10-19(23)21-16-7-6-14-4-3-5-18(22(24)25)17(14)11-16/h3-7,11,13,15,20H,2,8-10,12H2,1H3,(H,21,23). The van der Waals surface area contributed by atoms with Gasteiger partial charge in [-0.25, -0.2) is 0 Å². The molecule has 2 N–H and O–H groups in total. The Morgan fingerprint density at radius 2 is 2.16 bits per heavy atom. The van der Waals surface area contributed by atoms with Crippen molar-refractivity contribution in [3.8, 4) is 0 Å². The van der Waals surface area contributed by atoms with Crippen LogP contribution in [0.15, 0.2) is 36.4 Å². The number of anilines is 1. The molecule has 0 spiro atoms. The van der Waals surface area contributed by atoms with Crippen LogP contribution in [-0.2, 0) is 4.79 Å². The van der Waals surface area contributed by atoms with Crippen LogP contribution < -0.4 is 10.6 Å². The fourth-order valence-electron chi connectivity index (χ4n) is 3.70. The number of benzene rings is 2. The van der Waals surface area contributed by atoms with Gasteiger partial charge in [0.2, 0.25) is 5.91 Å². The van der Waals surface area contributed by atoms with Gasteiger partial charge in [-0.3, -0.25) is 14.9 Å². The number of carbonyl (C=O) groups excluding carboxylic acids is 1. The summed E-state index contributed by atoms with van der Waals surface area (Å²) in [5.41, 5.74) is 0.653. The van der Waals surface area contributed by atoms with Gasteiger partial charge in [0, 0.05) is 18.2 Å².